The van der Waals surface area contributed by atoms with Crippen LogP contribution in [-0.4, -0.2) is 35.4 Å². The normalized spacial score (nSPS) is 23.5. The molecular formula is C17H23NOS2. The topological polar surface area (TPSA) is 20.3 Å². The Kier molecular flexibility index (Phi) is 5.17. The highest BCUT2D eigenvalue weighted by Gasteiger charge is 2.24. The Labute approximate surface area is 136 Å². The molecule has 0 radical (unpaired) electrons. The molecule has 0 aromatic heterocycles. The summed E-state index contributed by atoms with van der Waals surface area (Å²) in [5.41, 5.74) is 2.20. The Morgan fingerprint density at radius 3 is 2.62 bits per heavy atom. The molecular weight excluding hydrogens is 298 g/mol. The lowest BCUT2D eigenvalue weighted by molar-refractivity contribution is 0.0671. The first kappa shape index (κ1) is 15.3. The van der Waals surface area contributed by atoms with Crippen LogP contribution in [0.15, 0.2) is 24.3 Å². The minimum Gasteiger partial charge on any atom is -0.338 e. The molecule has 0 bridgehead atoms. The van der Waals surface area contributed by atoms with Gasteiger partial charge in [0.1, 0.15) is 0 Å². The van der Waals surface area contributed by atoms with E-state index in [-0.39, 0.29) is 5.91 Å². The fourth-order valence-corrected chi connectivity index (χ4v) is 5.96. The zero-order chi connectivity index (χ0) is 14.7. The molecule has 1 atom stereocenters. The second kappa shape index (κ2) is 7.10. The predicted octanol–water partition coefficient (Wildman–Crippen LogP) is 4.43. The number of piperidine rings is 1. The van der Waals surface area contributed by atoms with Gasteiger partial charge in [-0.2, -0.15) is 0 Å². The van der Waals surface area contributed by atoms with Crippen LogP contribution in [0.2, 0.25) is 0 Å². The minimum absolute atomic E-state index is 0.214. The predicted molar refractivity (Wildman–Crippen MR) is 93.0 cm³/mol. The zero-order valence-corrected chi connectivity index (χ0v) is 14.2. The van der Waals surface area contributed by atoms with Crippen molar-refractivity contribution in [3.63, 3.8) is 0 Å². The van der Waals surface area contributed by atoms with Crippen LogP contribution in [-0.2, 0) is 0 Å². The zero-order valence-electron chi connectivity index (χ0n) is 12.6. The van der Waals surface area contributed by atoms with Gasteiger partial charge in [0.05, 0.1) is 4.58 Å². The summed E-state index contributed by atoms with van der Waals surface area (Å²) in [5, 5.41) is 0. The number of nitrogens with zero attached hydrogens (tertiary/aromatic N) is 1. The highest BCUT2D eigenvalue weighted by Crippen LogP contribution is 2.45. The number of hydrogen-bond acceptors (Lipinski definition) is 3. The summed E-state index contributed by atoms with van der Waals surface area (Å²) in [6, 6.07) is 8.33. The van der Waals surface area contributed by atoms with Crippen LogP contribution in [0.25, 0.3) is 0 Å². The molecule has 2 fully saturated rings. The van der Waals surface area contributed by atoms with Crippen LogP contribution in [0.3, 0.4) is 0 Å². The van der Waals surface area contributed by atoms with E-state index < -0.39 is 0 Å². The van der Waals surface area contributed by atoms with Crippen LogP contribution in [0, 0.1) is 5.92 Å². The van der Waals surface area contributed by atoms with Gasteiger partial charge in [-0.1, -0.05) is 25.5 Å². The van der Waals surface area contributed by atoms with Crippen LogP contribution < -0.4 is 0 Å². The number of thioether (sulfide) groups is 2. The Bertz CT molecular complexity index is 482. The second-order valence-corrected chi connectivity index (χ2v) is 8.59. The third-order valence-corrected chi connectivity index (χ3v) is 7.54. The summed E-state index contributed by atoms with van der Waals surface area (Å²) in [4.78, 5) is 14.7. The van der Waals surface area contributed by atoms with E-state index in [1.165, 1.54) is 29.9 Å². The lowest BCUT2D eigenvalue weighted by Crippen LogP contribution is -2.39. The maximum absolute atomic E-state index is 12.6. The molecule has 1 amide bonds. The fraction of sp³-hybridized carbons (Fsp3) is 0.588. The summed E-state index contributed by atoms with van der Waals surface area (Å²) in [5.74, 6) is 3.38. The van der Waals surface area contributed by atoms with Gasteiger partial charge < -0.3 is 4.90 Å². The molecule has 0 aliphatic carbocycles. The summed E-state index contributed by atoms with van der Waals surface area (Å²) in [6.07, 6.45) is 3.60. The average molecular weight is 322 g/mol. The third kappa shape index (κ3) is 3.59. The molecule has 1 unspecified atom stereocenters. The molecule has 114 valence electrons. The lowest BCUT2D eigenvalue weighted by Gasteiger charge is -2.32. The van der Waals surface area contributed by atoms with E-state index in [1.54, 1.807) is 0 Å². The first-order valence-electron chi connectivity index (χ1n) is 7.90. The number of benzene rings is 1. The van der Waals surface area contributed by atoms with E-state index >= 15 is 0 Å². The summed E-state index contributed by atoms with van der Waals surface area (Å²) < 4.78 is 0.564. The molecule has 3 rings (SSSR count). The van der Waals surface area contributed by atoms with E-state index in [9.17, 15) is 4.79 Å². The Balaban J connectivity index is 1.66. The van der Waals surface area contributed by atoms with Gasteiger partial charge in [-0.05, 0) is 36.5 Å². The summed E-state index contributed by atoms with van der Waals surface area (Å²) >= 11 is 4.02. The first-order chi connectivity index (χ1) is 10.3. The van der Waals surface area contributed by atoms with Gasteiger partial charge in [-0.25, -0.2) is 0 Å². The van der Waals surface area contributed by atoms with E-state index in [0.717, 1.165) is 25.1 Å². The maximum atomic E-state index is 12.6. The lowest BCUT2D eigenvalue weighted by atomic mass is 9.95. The molecule has 1 aromatic carbocycles. The molecule has 2 heterocycles. The molecule has 21 heavy (non-hydrogen) atoms. The van der Waals surface area contributed by atoms with E-state index in [0.29, 0.717) is 10.5 Å². The van der Waals surface area contributed by atoms with Gasteiger partial charge in [0.2, 0.25) is 0 Å². The van der Waals surface area contributed by atoms with Crippen molar-refractivity contribution in [2.24, 2.45) is 5.92 Å². The number of amides is 1. The van der Waals surface area contributed by atoms with Crippen LogP contribution in [0.5, 0.6) is 0 Å². The highest BCUT2D eigenvalue weighted by molar-refractivity contribution is 8.19. The summed E-state index contributed by atoms with van der Waals surface area (Å²) in [6.45, 7) is 4.08. The third-order valence-electron chi connectivity index (χ3n) is 4.44. The van der Waals surface area contributed by atoms with Gasteiger partial charge in [-0.3, -0.25) is 4.79 Å². The summed E-state index contributed by atoms with van der Waals surface area (Å²) in [7, 11) is 0. The van der Waals surface area contributed by atoms with Crippen molar-refractivity contribution in [3.8, 4) is 0 Å². The number of hydrogen-bond donors (Lipinski definition) is 0. The number of likely N-dealkylation sites (tertiary alicyclic amines) is 1. The van der Waals surface area contributed by atoms with Crippen LogP contribution in [0.1, 0.15) is 46.7 Å². The molecule has 0 spiro atoms. The van der Waals surface area contributed by atoms with Crippen molar-refractivity contribution >= 4 is 29.4 Å². The van der Waals surface area contributed by atoms with Gasteiger partial charge in [-0.15, -0.1) is 23.5 Å². The van der Waals surface area contributed by atoms with Crippen molar-refractivity contribution < 1.29 is 4.79 Å². The Hall–Kier alpha value is -0.610. The van der Waals surface area contributed by atoms with Crippen molar-refractivity contribution in [2.75, 3.05) is 24.6 Å². The Morgan fingerprint density at radius 1 is 1.24 bits per heavy atom. The number of carbonyl (C=O) groups is 1. The van der Waals surface area contributed by atoms with Gasteiger partial charge in [0.15, 0.2) is 0 Å². The number of carbonyl (C=O) groups excluding carboxylic acids is 1. The van der Waals surface area contributed by atoms with Crippen molar-refractivity contribution in [2.45, 2.75) is 30.8 Å². The van der Waals surface area contributed by atoms with Gasteiger partial charge in [0.25, 0.3) is 5.91 Å². The minimum atomic E-state index is 0.214. The molecule has 4 heteroatoms. The Morgan fingerprint density at radius 2 is 1.95 bits per heavy atom. The quantitative estimate of drug-likeness (QED) is 0.821. The highest BCUT2D eigenvalue weighted by atomic mass is 32.2. The monoisotopic (exact) mass is 321 g/mol. The molecule has 0 N–H and O–H groups in total. The van der Waals surface area contributed by atoms with Crippen LogP contribution >= 0.6 is 23.5 Å². The number of rotatable bonds is 3. The fourth-order valence-electron chi connectivity index (χ4n) is 3.10. The largest absolute Gasteiger partial charge is 0.338 e. The standard InChI is InChI=1S/C17H23NOS2/c1-2-13-4-3-9-18(12-13)16(19)14-5-7-15(8-6-14)17-20-10-11-21-17/h5-8,13,17H,2-4,9-12H2,1H3. The van der Waals surface area contributed by atoms with E-state index in [4.69, 9.17) is 0 Å². The SMILES string of the molecule is CCC1CCCN(C(=O)c2ccc(C3SCCS3)cc2)C1. The second-order valence-electron chi connectivity index (χ2n) is 5.86. The molecule has 2 saturated heterocycles. The average Bonchev–Trinajstić information content (AvgIpc) is 3.09. The molecule has 2 nitrogen and oxygen atoms in total. The van der Waals surface area contributed by atoms with Gasteiger partial charge >= 0.3 is 0 Å². The van der Waals surface area contributed by atoms with Crippen molar-refractivity contribution in [1.82, 2.24) is 4.90 Å². The van der Waals surface area contributed by atoms with Crippen LogP contribution in [0.4, 0.5) is 0 Å². The van der Waals surface area contributed by atoms with Crippen molar-refractivity contribution in [3.05, 3.63) is 35.4 Å². The van der Waals surface area contributed by atoms with E-state index in [2.05, 4.69) is 19.1 Å². The molecule has 0 saturated carbocycles. The molecule has 1 aromatic rings. The first-order valence-corrected chi connectivity index (χ1v) is 10.00. The molecule has 2 aliphatic rings. The van der Waals surface area contributed by atoms with E-state index in [1.807, 2.05) is 40.6 Å². The van der Waals surface area contributed by atoms with Gasteiger partial charge in [0, 0.05) is 30.2 Å². The smallest absolute Gasteiger partial charge is 0.253 e. The molecule has 2 aliphatic heterocycles. The maximum Gasteiger partial charge on any atom is 0.253 e. The van der Waals surface area contributed by atoms with Crippen molar-refractivity contribution in [1.29, 1.82) is 0 Å².